The van der Waals surface area contributed by atoms with Gasteiger partial charge in [0.15, 0.2) is 5.69 Å². The molecule has 6 nitrogen and oxygen atoms in total. The molecule has 0 spiro atoms. The molecule has 0 aliphatic rings. The zero-order valence-corrected chi connectivity index (χ0v) is 11.0. The minimum atomic E-state index is -0.507. The van der Waals surface area contributed by atoms with Crippen molar-refractivity contribution in [3.05, 3.63) is 30.1 Å². The van der Waals surface area contributed by atoms with E-state index in [4.69, 9.17) is 4.74 Å². The van der Waals surface area contributed by atoms with Crippen LogP contribution in [0.4, 0.5) is 0 Å². The fourth-order valence-electron chi connectivity index (χ4n) is 1.74. The molecule has 0 bridgehead atoms. The Morgan fingerprint density at radius 1 is 1.32 bits per heavy atom. The van der Waals surface area contributed by atoms with E-state index in [-0.39, 0.29) is 5.69 Å². The molecule has 19 heavy (non-hydrogen) atoms. The van der Waals surface area contributed by atoms with E-state index in [1.54, 1.807) is 6.20 Å². The quantitative estimate of drug-likeness (QED) is 0.831. The van der Waals surface area contributed by atoms with E-state index in [1.807, 2.05) is 0 Å². The van der Waals surface area contributed by atoms with Crippen molar-refractivity contribution < 1.29 is 9.53 Å². The predicted octanol–water partition coefficient (Wildman–Crippen LogP) is 2.00. The van der Waals surface area contributed by atoms with Gasteiger partial charge in [0, 0.05) is 18.8 Å². The van der Waals surface area contributed by atoms with Crippen molar-refractivity contribution in [1.29, 1.82) is 0 Å². The number of imidazole rings is 1. The van der Waals surface area contributed by atoms with E-state index in [0.717, 1.165) is 25.1 Å². The summed E-state index contributed by atoms with van der Waals surface area (Å²) in [5, 5.41) is 0. The van der Waals surface area contributed by atoms with E-state index in [2.05, 4.69) is 26.9 Å². The van der Waals surface area contributed by atoms with Gasteiger partial charge in [-0.25, -0.2) is 14.8 Å². The van der Waals surface area contributed by atoms with Gasteiger partial charge >= 0.3 is 5.97 Å². The van der Waals surface area contributed by atoms with E-state index in [9.17, 15) is 4.79 Å². The van der Waals surface area contributed by atoms with E-state index in [0.29, 0.717) is 11.4 Å². The first-order valence-corrected chi connectivity index (χ1v) is 6.19. The Kier molecular flexibility index (Phi) is 4.22. The molecule has 0 aromatic carbocycles. The van der Waals surface area contributed by atoms with Crippen LogP contribution in [0.5, 0.6) is 0 Å². The number of nitrogens with one attached hydrogen (secondary N) is 1. The lowest BCUT2D eigenvalue weighted by Gasteiger charge is -2.03. The van der Waals surface area contributed by atoms with Gasteiger partial charge in [-0.2, -0.15) is 0 Å². The topological polar surface area (TPSA) is 80.8 Å². The molecule has 0 saturated carbocycles. The molecule has 2 rings (SSSR count). The molecule has 0 fully saturated rings. The van der Waals surface area contributed by atoms with Gasteiger partial charge in [0.2, 0.25) is 0 Å². The second-order valence-electron chi connectivity index (χ2n) is 4.09. The number of unbranched alkanes of at least 4 members (excludes halogenated alkanes) is 1. The summed E-state index contributed by atoms with van der Waals surface area (Å²) in [4.78, 5) is 27.3. The highest BCUT2D eigenvalue weighted by atomic mass is 16.5. The molecule has 0 radical (unpaired) electrons. The molecule has 0 atom stereocenters. The summed E-state index contributed by atoms with van der Waals surface area (Å²) in [5.74, 6) is 0.381. The van der Waals surface area contributed by atoms with Crippen LogP contribution in [0.3, 0.4) is 0 Å². The summed E-state index contributed by atoms with van der Waals surface area (Å²) in [7, 11) is 1.32. The first-order valence-electron chi connectivity index (χ1n) is 6.19. The zero-order valence-electron chi connectivity index (χ0n) is 11.0. The van der Waals surface area contributed by atoms with Crippen molar-refractivity contribution in [2.45, 2.75) is 26.2 Å². The maximum atomic E-state index is 11.6. The Labute approximate surface area is 111 Å². The summed E-state index contributed by atoms with van der Waals surface area (Å²) in [6.45, 7) is 2.13. The molecule has 2 heterocycles. The molecule has 0 amide bonds. The van der Waals surface area contributed by atoms with Crippen molar-refractivity contribution >= 4 is 5.97 Å². The Bertz CT molecular complexity index is 565. The van der Waals surface area contributed by atoms with Crippen molar-refractivity contribution in [2.24, 2.45) is 0 Å². The molecule has 1 N–H and O–H groups in total. The molecule has 100 valence electrons. The second kappa shape index (κ2) is 6.08. The summed E-state index contributed by atoms with van der Waals surface area (Å²) in [5.41, 5.74) is 1.33. The number of aryl methyl sites for hydroxylation is 1. The van der Waals surface area contributed by atoms with Gasteiger partial charge in [0.25, 0.3) is 0 Å². The first kappa shape index (κ1) is 13.2. The number of nitrogens with zero attached hydrogens (tertiary/aromatic N) is 3. The summed E-state index contributed by atoms with van der Waals surface area (Å²) >= 11 is 0. The molecule has 0 aliphatic heterocycles. The molecule has 6 heteroatoms. The van der Waals surface area contributed by atoms with Crippen molar-refractivity contribution in [3.8, 4) is 11.4 Å². The van der Waals surface area contributed by atoms with Crippen LogP contribution >= 0.6 is 0 Å². The highest BCUT2D eigenvalue weighted by Gasteiger charge is 2.17. The standard InChI is InChI=1S/C13H16N4O2/c1-3-4-5-10-16-8-9(17-10)11-12(13(18)19-2)15-7-6-14-11/h6-8H,3-5H2,1-2H3,(H,16,17). The summed E-state index contributed by atoms with van der Waals surface area (Å²) < 4.78 is 4.69. The number of hydrogen-bond donors (Lipinski definition) is 1. The fourth-order valence-corrected chi connectivity index (χ4v) is 1.74. The monoisotopic (exact) mass is 260 g/mol. The third-order valence-electron chi connectivity index (χ3n) is 2.73. The Hall–Kier alpha value is -2.24. The average Bonchev–Trinajstić information content (AvgIpc) is 2.93. The smallest absolute Gasteiger partial charge is 0.359 e. The maximum absolute atomic E-state index is 11.6. The van der Waals surface area contributed by atoms with Crippen LogP contribution in [-0.4, -0.2) is 33.0 Å². The van der Waals surface area contributed by atoms with Gasteiger partial charge < -0.3 is 9.72 Å². The normalized spacial score (nSPS) is 10.4. The molecule has 0 aliphatic carbocycles. The number of carbonyl (C=O) groups is 1. The third-order valence-corrected chi connectivity index (χ3v) is 2.73. The molecule has 2 aromatic rings. The molecule has 2 aromatic heterocycles. The third kappa shape index (κ3) is 2.96. The Morgan fingerprint density at radius 3 is 2.84 bits per heavy atom. The molecule has 0 saturated heterocycles. The van der Waals surface area contributed by atoms with Crippen LogP contribution < -0.4 is 0 Å². The van der Waals surface area contributed by atoms with Crippen LogP contribution in [0.15, 0.2) is 18.6 Å². The highest BCUT2D eigenvalue weighted by molar-refractivity contribution is 5.93. The number of methoxy groups -OCH3 is 1. The lowest BCUT2D eigenvalue weighted by molar-refractivity contribution is 0.0594. The predicted molar refractivity (Wildman–Crippen MR) is 69.6 cm³/mol. The number of H-pyrrole nitrogens is 1. The fraction of sp³-hybridized carbons (Fsp3) is 0.385. The Balaban J connectivity index is 2.31. The number of aromatic nitrogens is 4. The van der Waals surface area contributed by atoms with Crippen molar-refractivity contribution in [1.82, 2.24) is 19.9 Å². The number of ether oxygens (including phenoxy) is 1. The van der Waals surface area contributed by atoms with Crippen LogP contribution in [0.2, 0.25) is 0 Å². The van der Waals surface area contributed by atoms with Gasteiger partial charge in [0.05, 0.1) is 19.0 Å². The average molecular weight is 260 g/mol. The lowest BCUT2D eigenvalue weighted by atomic mass is 10.2. The lowest BCUT2D eigenvalue weighted by Crippen LogP contribution is -2.07. The van der Waals surface area contributed by atoms with Crippen LogP contribution in [0, 0.1) is 0 Å². The minimum Gasteiger partial charge on any atom is -0.464 e. The minimum absolute atomic E-state index is 0.190. The largest absolute Gasteiger partial charge is 0.464 e. The van der Waals surface area contributed by atoms with E-state index >= 15 is 0 Å². The van der Waals surface area contributed by atoms with Crippen LogP contribution in [0.1, 0.15) is 36.1 Å². The summed E-state index contributed by atoms with van der Waals surface area (Å²) in [6.07, 6.45) is 7.72. The van der Waals surface area contributed by atoms with Gasteiger partial charge in [-0.05, 0) is 6.42 Å². The van der Waals surface area contributed by atoms with E-state index in [1.165, 1.54) is 19.5 Å². The number of hydrogen-bond acceptors (Lipinski definition) is 5. The number of esters is 1. The van der Waals surface area contributed by atoms with Crippen molar-refractivity contribution in [2.75, 3.05) is 7.11 Å². The van der Waals surface area contributed by atoms with Gasteiger partial charge in [-0.15, -0.1) is 0 Å². The van der Waals surface area contributed by atoms with Gasteiger partial charge in [0.1, 0.15) is 11.5 Å². The van der Waals surface area contributed by atoms with Crippen LogP contribution in [0.25, 0.3) is 11.4 Å². The van der Waals surface area contributed by atoms with Crippen LogP contribution in [-0.2, 0) is 11.2 Å². The SMILES string of the molecule is CCCCc1ncc(-c2nccnc2C(=O)OC)[nH]1. The first-order chi connectivity index (χ1) is 9.26. The van der Waals surface area contributed by atoms with Crippen molar-refractivity contribution in [3.63, 3.8) is 0 Å². The zero-order chi connectivity index (χ0) is 13.7. The molecule has 0 unspecified atom stereocenters. The second-order valence-corrected chi connectivity index (χ2v) is 4.09. The molecular formula is C13H16N4O2. The number of carbonyl (C=O) groups excluding carboxylic acids is 1. The number of rotatable bonds is 5. The summed E-state index contributed by atoms with van der Waals surface area (Å²) in [6, 6.07) is 0. The van der Waals surface area contributed by atoms with Gasteiger partial charge in [-0.3, -0.25) is 4.98 Å². The molecular weight excluding hydrogens is 244 g/mol. The van der Waals surface area contributed by atoms with E-state index < -0.39 is 5.97 Å². The van der Waals surface area contributed by atoms with Gasteiger partial charge in [-0.1, -0.05) is 13.3 Å². The Morgan fingerprint density at radius 2 is 2.11 bits per heavy atom. The maximum Gasteiger partial charge on any atom is 0.359 e. The number of aromatic amines is 1. The highest BCUT2D eigenvalue weighted by Crippen LogP contribution is 2.18.